The van der Waals surface area contributed by atoms with E-state index < -0.39 is 0 Å². The molecule has 0 saturated carbocycles. The molecule has 98 valence electrons. The number of anilines is 1. The zero-order chi connectivity index (χ0) is 13.0. The van der Waals surface area contributed by atoms with E-state index in [-0.39, 0.29) is 5.91 Å². The lowest BCUT2D eigenvalue weighted by Crippen LogP contribution is -2.22. The van der Waals surface area contributed by atoms with Crippen LogP contribution in [0, 0.1) is 12.8 Å². The van der Waals surface area contributed by atoms with Crippen LogP contribution in [0.25, 0.3) is 0 Å². The van der Waals surface area contributed by atoms with Crippen LogP contribution in [0.4, 0.5) is 5.69 Å². The lowest BCUT2D eigenvalue weighted by molar-refractivity contribution is -0.117. The molecule has 2 rings (SSSR count). The third-order valence-electron chi connectivity index (χ3n) is 3.36. The number of hydrogen-bond acceptors (Lipinski definition) is 2. The first-order chi connectivity index (χ1) is 8.66. The number of carbonyl (C=O) groups is 1. The van der Waals surface area contributed by atoms with E-state index >= 15 is 0 Å². The highest BCUT2D eigenvalue weighted by Crippen LogP contribution is 2.24. The van der Waals surface area contributed by atoms with Gasteiger partial charge in [0, 0.05) is 30.3 Å². The second-order valence-corrected chi connectivity index (χ2v) is 5.13. The first-order valence-electron chi connectivity index (χ1n) is 6.29. The quantitative estimate of drug-likeness (QED) is 0.911. The van der Waals surface area contributed by atoms with Gasteiger partial charge in [0.25, 0.3) is 0 Å². The summed E-state index contributed by atoms with van der Waals surface area (Å²) in [5, 5.41) is 3.61. The maximum atomic E-state index is 11.9. The van der Waals surface area contributed by atoms with Gasteiger partial charge in [-0.15, -0.1) is 0 Å². The fourth-order valence-electron chi connectivity index (χ4n) is 2.16. The molecule has 0 bridgehead atoms. The lowest BCUT2D eigenvalue weighted by Gasteiger charge is -2.21. The van der Waals surface area contributed by atoms with Gasteiger partial charge < -0.3 is 10.1 Å². The molecule has 1 aromatic carbocycles. The predicted molar refractivity (Wildman–Crippen MR) is 73.0 cm³/mol. The minimum atomic E-state index is 0.0623. The fraction of sp³-hybridized carbons (Fsp3) is 0.500. The summed E-state index contributed by atoms with van der Waals surface area (Å²) in [7, 11) is 0. The molecule has 1 aliphatic heterocycles. The van der Waals surface area contributed by atoms with Gasteiger partial charge in [-0.2, -0.15) is 0 Å². The highest BCUT2D eigenvalue weighted by Gasteiger charge is 2.17. The van der Waals surface area contributed by atoms with E-state index in [1.165, 1.54) is 0 Å². The Morgan fingerprint density at radius 3 is 2.89 bits per heavy atom. The molecule has 4 heteroatoms. The molecule has 1 heterocycles. The second-order valence-electron chi connectivity index (χ2n) is 4.72. The van der Waals surface area contributed by atoms with Gasteiger partial charge in [0.15, 0.2) is 0 Å². The summed E-state index contributed by atoms with van der Waals surface area (Å²) in [6, 6.07) is 5.55. The van der Waals surface area contributed by atoms with Crippen LogP contribution in [0.5, 0.6) is 0 Å². The third kappa shape index (κ3) is 3.47. The fourth-order valence-corrected chi connectivity index (χ4v) is 2.33. The zero-order valence-corrected chi connectivity index (χ0v) is 11.3. The van der Waals surface area contributed by atoms with Gasteiger partial charge in [-0.05, 0) is 43.4 Å². The summed E-state index contributed by atoms with van der Waals surface area (Å²) in [6.45, 7) is 3.45. The highest BCUT2D eigenvalue weighted by molar-refractivity contribution is 6.31. The number of ether oxygens (including phenoxy) is 1. The molecule has 1 amide bonds. The third-order valence-corrected chi connectivity index (χ3v) is 3.77. The van der Waals surface area contributed by atoms with Gasteiger partial charge in [-0.1, -0.05) is 17.7 Å². The Morgan fingerprint density at radius 1 is 1.44 bits per heavy atom. The molecule has 1 saturated heterocycles. The predicted octanol–water partition coefficient (Wildman–Crippen LogP) is 3.40. The smallest absolute Gasteiger partial charge is 0.224 e. The van der Waals surface area contributed by atoms with Gasteiger partial charge in [-0.25, -0.2) is 0 Å². The van der Waals surface area contributed by atoms with Gasteiger partial charge >= 0.3 is 0 Å². The van der Waals surface area contributed by atoms with Crippen molar-refractivity contribution in [1.29, 1.82) is 0 Å². The molecule has 1 aliphatic rings. The SMILES string of the molecule is Cc1c(Cl)cccc1NC(=O)CC1CCOCC1. The number of rotatable bonds is 3. The van der Waals surface area contributed by atoms with Crippen LogP contribution in [0.15, 0.2) is 18.2 Å². The molecule has 0 unspecified atom stereocenters. The Labute approximate surface area is 112 Å². The van der Waals surface area contributed by atoms with Crippen LogP contribution in [-0.4, -0.2) is 19.1 Å². The van der Waals surface area contributed by atoms with E-state index in [0.717, 1.165) is 37.3 Å². The number of carbonyl (C=O) groups excluding carboxylic acids is 1. The number of nitrogens with one attached hydrogen (secondary N) is 1. The number of benzene rings is 1. The normalized spacial score (nSPS) is 16.6. The van der Waals surface area contributed by atoms with Crippen LogP contribution < -0.4 is 5.32 Å². The Morgan fingerprint density at radius 2 is 2.17 bits per heavy atom. The summed E-state index contributed by atoms with van der Waals surface area (Å²) in [6.07, 6.45) is 2.51. The van der Waals surface area contributed by atoms with E-state index in [1.54, 1.807) is 0 Å². The van der Waals surface area contributed by atoms with Crippen LogP contribution >= 0.6 is 11.6 Å². The first kappa shape index (κ1) is 13.4. The van der Waals surface area contributed by atoms with Gasteiger partial charge in [0.2, 0.25) is 5.91 Å². The number of halogens is 1. The van der Waals surface area contributed by atoms with Crippen molar-refractivity contribution >= 4 is 23.2 Å². The molecule has 1 N–H and O–H groups in total. The Hall–Kier alpha value is -1.06. The maximum Gasteiger partial charge on any atom is 0.224 e. The van der Waals surface area contributed by atoms with Crippen LogP contribution in [-0.2, 0) is 9.53 Å². The van der Waals surface area contributed by atoms with Crippen LogP contribution in [0.3, 0.4) is 0 Å². The molecule has 0 atom stereocenters. The minimum absolute atomic E-state index is 0.0623. The zero-order valence-electron chi connectivity index (χ0n) is 10.5. The van der Waals surface area contributed by atoms with Crippen molar-refractivity contribution in [3.63, 3.8) is 0 Å². The minimum Gasteiger partial charge on any atom is -0.381 e. The molecular formula is C14H18ClNO2. The standard InChI is InChI=1S/C14H18ClNO2/c1-10-12(15)3-2-4-13(10)16-14(17)9-11-5-7-18-8-6-11/h2-4,11H,5-9H2,1H3,(H,16,17). The molecule has 1 fully saturated rings. The molecule has 3 nitrogen and oxygen atoms in total. The summed E-state index contributed by atoms with van der Waals surface area (Å²) in [5.74, 6) is 0.505. The molecule has 1 aromatic rings. The van der Waals surface area contributed by atoms with Crippen LogP contribution in [0.1, 0.15) is 24.8 Å². The van der Waals surface area contributed by atoms with Crippen molar-refractivity contribution in [1.82, 2.24) is 0 Å². The maximum absolute atomic E-state index is 11.9. The summed E-state index contributed by atoms with van der Waals surface area (Å²) in [4.78, 5) is 11.9. The van der Waals surface area contributed by atoms with Crippen molar-refractivity contribution in [2.24, 2.45) is 5.92 Å². The molecular weight excluding hydrogens is 250 g/mol. The lowest BCUT2D eigenvalue weighted by atomic mass is 9.96. The highest BCUT2D eigenvalue weighted by atomic mass is 35.5. The van der Waals surface area contributed by atoms with Crippen molar-refractivity contribution in [3.05, 3.63) is 28.8 Å². The summed E-state index contributed by atoms with van der Waals surface area (Å²) >= 11 is 6.02. The number of amides is 1. The molecule has 0 aromatic heterocycles. The van der Waals surface area contributed by atoms with E-state index in [4.69, 9.17) is 16.3 Å². The molecule has 18 heavy (non-hydrogen) atoms. The molecule has 0 aliphatic carbocycles. The molecule has 0 radical (unpaired) electrons. The van der Waals surface area contributed by atoms with Gasteiger partial charge in [-0.3, -0.25) is 4.79 Å². The monoisotopic (exact) mass is 267 g/mol. The average Bonchev–Trinajstić information content (AvgIpc) is 2.36. The van der Waals surface area contributed by atoms with E-state index in [1.807, 2.05) is 25.1 Å². The summed E-state index contributed by atoms with van der Waals surface area (Å²) in [5.41, 5.74) is 1.72. The van der Waals surface area contributed by atoms with E-state index in [2.05, 4.69) is 5.32 Å². The van der Waals surface area contributed by atoms with Crippen molar-refractivity contribution < 1.29 is 9.53 Å². The van der Waals surface area contributed by atoms with E-state index in [0.29, 0.717) is 17.4 Å². The second kappa shape index (κ2) is 6.21. The summed E-state index contributed by atoms with van der Waals surface area (Å²) < 4.78 is 5.29. The van der Waals surface area contributed by atoms with Crippen molar-refractivity contribution in [2.45, 2.75) is 26.2 Å². The van der Waals surface area contributed by atoms with Gasteiger partial charge in [0.1, 0.15) is 0 Å². The molecule has 0 spiro atoms. The van der Waals surface area contributed by atoms with E-state index in [9.17, 15) is 4.79 Å². The number of hydrogen-bond donors (Lipinski definition) is 1. The largest absolute Gasteiger partial charge is 0.381 e. The van der Waals surface area contributed by atoms with Gasteiger partial charge in [0.05, 0.1) is 0 Å². The topological polar surface area (TPSA) is 38.3 Å². The Kier molecular flexibility index (Phi) is 4.61. The van der Waals surface area contributed by atoms with Crippen molar-refractivity contribution in [2.75, 3.05) is 18.5 Å². The first-order valence-corrected chi connectivity index (χ1v) is 6.67. The average molecular weight is 268 g/mol. The van der Waals surface area contributed by atoms with Crippen molar-refractivity contribution in [3.8, 4) is 0 Å². The Bertz CT molecular complexity index is 428. The Balaban J connectivity index is 1.92. The van der Waals surface area contributed by atoms with Crippen LogP contribution in [0.2, 0.25) is 5.02 Å².